The van der Waals surface area contributed by atoms with Crippen LogP contribution in [0.2, 0.25) is 5.15 Å². The number of aromatic nitrogens is 6. The van der Waals surface area contributed by atoms with Crippen molar-refractivity contribution in [1.82, 2.24) is 30.2 Å². The molecule has 19 nitrogen and oxygen atoms in total. The number of hydrogen-bond donors (Lipinski definition) is 1. The van der Waals surface area contributed by atoms with Crippen LogP contribution in [0.4, 0.5) is 0 Å². The van der Waals surface area contributed by atoms with Crippen molar-refractivity contribution < 1.29 is 38.2 Å². The van der Waals surface area contributed by atoms with Crippen molar-refractivity contribution in [1.29, 1.82) is 0 Å². The second-order valence-electron chi connectivity index (χ2n) is 11.2. The van der Waals surface area contributed by atoms with E-state index in [1.807, 2.05) is 55.5 Å². The second kappa shape index (κ2) is 16.5. The number of carbonyl (C=O) groups is 1. The highest BCUT2D eigenvalue weighted by molar-refractivity contribution is 6.32. The first kappa shape index (κ1) is 36.2. The summed E-state index contributed by atoms with van der Waals surface area (Å²) in [7, 11) is 0. The number of unbranched alkanes of at least 4 members (excludes halogenated alkanes) is 1. The predicted molar refractivity (Wildman–Crippen MR) is 174 cm³/mol. The molecule has 3 aromatic heterocycles. The lowest BCUT2D eigenvalue weighted by molar-refractivity contribution is -0.798. The molecule has 0 aliphatic heterocycles. The Kier molecular flexibility index (Phi) is 11.7. The van der Waals surface area contributed by atoms with Crippen LogP contribution in [0.3, 0.4) is 0 Å². The Morgan fingerprint density at radius 2 is 1.73 bits per heavy atom. The third-order valence-corrected chi connectivity index (χ3v) is 8.05. The molecule has 0 amide bonds. The van der Waals surface area contributed by atoms with Crippen molar-refractivity contribution in [3.05, 3.63) is 113 Å². The number of nitrogens with one attached hydrogen (secondary N) is 1. The van der Waals surface area contributed by atoms with Gasteiger partial charge in [0.15, 0.2) is 29.0 Å². The van der Waals surface area contributed by atoms with Gasteiger partial charge in [0.2, 0.25) is 5.82 Å². The molecule has 0 spiro atoms. The van der Waals surface area contributed by atoms with E-state index in [4.69, 9.17) is 25.2 Å². The second-order valence-corrected chi connectivity index (χ2v) is 11.5. The maximum absolute atomic E-state index is 13.5. The Balaban J connectivity index is 1.33. The van der Waals surface area contributed by atoms with Crippen molar-refractivity contribution in [3.8, 4) is 22.5 Å². The first-order valence-electron chi connectivity index (χ1n) is 15.6. The van der Waals surface area contributed by atoms with Crippen LogP contribution in [0.15, 0.2) is 62.2 Å². The van der Waals surface area contributed by atoms with Gasteiger partial charge in [0.25, 0.3) is 10.2 Å². The van der Waals surface area contributed by atoms with Gasteiger partial charge in [-0.25, -0.2) is 14.6 Å². The Bertz CT molecular complexity index is 2030. The number of hydrogen-bond acceptors (Lipinski definition) is 15. The average molecular weight is 727 g/mol. The predicted octanol–water partition coefficient (Wildman–Crippen LogP) is 4.78. The van der Waals surface area contributed by atoms with Crippen molar-refractivity contribution in [3.63, 3.8) is 0 Å². The molecule has 0 saturated heterocycles. The van der Waals surface area contributed by atoms with Gasteiger partial charge in [-0.1, -0.05) is 73.5 Å². The molecule has 51 heavy (non-hydrogen) atoms. The minimum atomic E-state index is -1.40. The van der Waals surface area contributed by atoms with E-state index < -0.39 is 40.8 Å². The SMILES string of the molecule is CCCCc1nc(Cl)c(C(=O)OCc2oc(=O)oc2CCC(O[N+](=O)[O-])C(C)O[N+](=O)[O-])n1Cc1ccc(-c2ccccc2-c2nn[nH]n2)cc1. The highest BCUT2D eigenvalue weighted by atomic mass is 35.5. The molecule has 0 radical (unpaired) electrons. The summed E-state index contributed by atoms with van der Waals surface area (Å²) in [5, 5.41) is 33.7. The van der Waals surface area contributed by atoms with Crippen molar-refractivity contribution in [2.45, 2.75) is 71.3 Å². The molecule has 3 heterocycles. The third kappa shape index (κ3) is 9.12. The summed E-state index contributed by atoms with van der Waals surface area (Å²) in [6.07, 6.45) is -1.01. The fourth-order valence-electron chi connectivity index (χ4n) is 5.33. The summed E-state index contributed by atoms with van der Waals surface area (Å²) in [6, 6.07) is 15.3. The van der Waals surface area contributed by atoms with Gasteiger partial charge in [-0.2, -0.15) is 5.21 Å². The van der Waals surface area contributed by atoms with Gasteiger partial charge in [-0.05, 0) is 41.7 Å². The molecule has 0 saturated carbocycles. The monoisotopic (exact) mass is 726 g/mol. The Morgan fingerprint density at radius 1 is 1.02 bits per heavy atom. The number of carbonyl (C=O) groups excluding carboxylic acids is 1. The maximum atomic E-state index is 13.5. The first-order valence-corrected chi connectivity index (χ1v) is 16.0. The average Bonchev–Trinajstić information content (AvgIpc) is 3.83. The first-order chi connectivity index (χ1) is 24.5. The summed E-state index contributed by atoms with van der Waals surface area (Å²) >= 11 is 6.50. The van der Waals surface area contributed by atoms with Crippen LogP contribution in [0, 0.1) is 20.2 Å². The summed E-state index contributed by atoms with van der Waals surface area (Å²) < 4.78 is 17.3. The molecule has 5 aromatic rings. The van der Waals surface area contributed by atoms with E-state index in [0.717, 1.165) is 35.1 Å². The summed E-state index contributed by atoms with van der Waals surface area (Å²) in [5.74, 6) is -1.25. The lowest BCUT2D eigenvalue weighted by Crippen LogP contribution is -2.33. The van der Waals surface area contributed by atoms with Crippen LogP contribution in [0.5, 0.6) is 0 Å². The number of tetrazole rings is 1. The summed E-state index contributed by atoms with van der Waals surface area (Å²) in [5.41, 5.74) is 3.41. The number of rotatable bonds is 18. The zero-order valence-corrected chi connectivity index (χ0v) is 28.0. The molecule has 268 valence electrons. The quantitative estimate of drug-likeness (QED) is 0.0724. The molecule has 0 bridgehead atoms. The molecular weight excluding hydrogens is 696 g/mol. The fraction of sp³-hybridized carbons (Fsp3) is 0.355. The van der Waals surface area contributed by atoms with Gasteiger partial charge < -0.3 is 27.8 Å². The number of aromatic amines is 1. The third-order valence-electron chi connectivity index (χ3n) is 7.78. The number of benzene rings is 2. The maximum Gasteiger partial charge on any atom is 0.519 e. The van der Waals surface area contributed by atoms with Gasteiger partial charge >= 0.3 is 11.8 Å². The van der Waals surface area contributed by atoms with Crippen molar-refractivity contribution in [2.75, 3.05) is 0 Å². The molecule has 2 aromatic carbocycles. The largest absolute Gasteiger partial charge is 0.519 e. The smallest absolute Gasteiger partial charge is 0.453 e. The number of aryl methyl sites for hydroxylation is 2. The van der Waals surface area contributed by atoms with E-state index >= 15 is 0 Å². The standard InChI is InChI=1S/C31H31ClN8O11/c1-3-4-9-26-33-28(32)27(38(26)16-19-10-12-20(13-11-19)21-7-5-6-8-22(21)29-34-36-37-35-29)30(41)47-17-25-24(48-31(42)49-25)15-14-23(51-40(45)46)18(2)50-39(43)44/h5-8,10-13,18,23H,3-4,9,14-17H2,1-2H3,(H,34,35,36,37). The van der Waals surface area contributed by atoms with Crippen LogP contribution in [0.1, 0.15) is 66.5 Å². The molecule has 0 aliphatic rings. The van der Waals surface area contributed by atoms with Crippen LogP contribution in [-0.4, -0.2) is 58.5 Å². The molecule has 2 atom stereocenters. The van der Waals surface area contributed by atoms with E-state index in [9.17, 15) is 29.8 Å². The van der Waals surface area contributed by atoms with E-state index in [2.05, 4.69) is 35.3 Å². The van der Waals surface area contributed by atoms with Gasteiger partial charge in [0.05, 0.1) is 0 Å². The lowest BCUT2D eigenvalue weighted by atomic mass is 9.98. The van der Waals surface area contributed by atoms with Crippen LogP contribution < -0.4 is 5.82 Å². The summed E-state index contributed by atoms with van der Waals surface area (Å²) in [4.78, 5) is 60.5. The topological polar surface area (TPSA) is 247 Å². The van der Waals surface area contributed by atoms with Gasteiger partial charge in [0.1, 0.15) is 18.0 Å². The fourth-order valence-corrected chi connectivity index (χ4v) is 5.61. The van der Waals surface area contributed by atoms with E-state index in [1.54, 1.807) is 4.57 Å². The van der Waals surface area contributed by atoms with Gasteiger partial charge in [-0.3, -0.25) is 0 Å². The van der Waals surface area contributed by atoms with Crippen LogP contribution in [-0.2, 0) is 40.4 Å². The van der Waals surface area contributed by atoms with Crippen molar-refractivity contribution >= 4 is 17.6 Å². The Hall–Kier alpha value is -6.11. The molecule has 20 heteroatoms. The van der Waals surface area contributed by atoms with Crippen LogP contribution >= 0.6 is 11.6 Å². The van der Waals surface area contributed by atoms with Gasteiger partial charge in [-0.15, -0.1) is 30.4 Å². The van der Waals surface area contributed by atoms with E-state index in [1.165, 1.54) is 6.92 Å². The molecule has 0 aliphatic carbocycles. The van der Waals surface area contributed by atoms with Crippen molar-refractivity contribution in [2.24, 2.45) is 0 Å². The zero-order valence-electron chi connectivity index (χ0n) is 27.2. The highest BCUT2D eigenvalue weighted by Crippen LogP contribution is 2.30. The molecule has 1 N–H and O–H groups in total. The van der Waals surface area contributed by atoms with E-state index in [-0.39, 0.29) is 41.8 Å². The van der Waals surface area contributed by atoms with Gasteiger partial charge in [0, 0.05) is 24.9 Å². The van der Waals surface area contributed by atoms with E-state index in [0.29, 0.717) is 18.1 Å². The lowest BCUT2D eigenvalue weighted by Gasteiger charge is -2.19. The summed E-state index contributed by atoms with van der Waals surface area (Å²) in [6.45, 7) is 2.89. The number of imidazole rings is 1. The normalized spacial score (nSPS) is 12.3. The molecule has 0 fully saturated rings. The molecular formula is C31H31ClN8O11. The number of halogens is 1. The van der Waals surface area contributed by atoms with Crippen LogP contribution in [0.25, 0.3) is 22.5 Å². The molecule has 2 unspecified atom stereocenters. The number of nitrogens with zero attached hydrogens (tertiary/aromatic N) is 7. The number of ether oxygens (including phenoxy) is 1. The Labute approximate surface area is 292 Å². The minimum absolute atomic E-state index is 0.0214. The number of esters is 1. The molecule has 5 rings (SSSR count). The Morgan fingerprint density at radius 3 is 2.39 bits per heavy atom. The zero-order chi connectivity index (χ0) is 36.5. The highest BCUT2D eigenvalue weighted by Gasteiger charge is 2.28. The number of H-pyrrole nitrogens is 1. The minimum Gasteiger partial charge on any atom is -0.453 e.